The van der Waals surface area contributed by atoms with E-state index in [9.17, 15) is 4.79 Å². The molecule has 0 aromatic heterocycles. The number of benzene rings is 1. The number of hydrogen-bond acceptors (Lipinski definition) is 3. The molecule has 72 valence electrons. The first-order chi connectivity index (χ1) is 6.77. The van der Waals surface area contributed by atoms with Crippen LogP contribution < -0.4 is 10.1 Å². The lowest BCUT2D eigenvalue weighted by molar-refractivity contribution is -0.119. The molecule has 0 aliphatic heterocycles. The minimum Gasteiger partial charge on any atom is -0.496 e. The highest BCUT2D eigenvalue weighted by molar-refractivity contribution is 5.80. The number of hydrogen-bond donors (Lipinski definition) is 1. The van der Waals surface area contributed by atoms with Gasteiger partial charge in [0, 0.05) is 5.56 Å². The molecule has 4 heteroatoms. The minimum atomic E-state index is -0.336. The number of carbonyl (C=O) groups is 1. The average molecular weight is 190 g/mol. The molecule has 1 N–H and O–H groups in total. The van der Waals surface area contributed by atoms with Gasteiger partial charge in [-0.1, -0.05) is 18.2 Å². The summed E-state index contributed by atoms with van der Waals surface area (Å²) in [6.07, 6.45) is 1.74. The highest BCUT2D eigenvalue weighted by atomic mass is 16.5. The summed E-state index contributed by atoms with van der Waals surface area (Å²) in [6, 6.07) is 7.20. The van der Waals surface area contributed by atoms with Gasteiger partial charge in [-0.15, -0.1) is 0 Å². The summed E-state index contributed by atoms with van der Waals surface area (Å²) < 4.78 is 5.06. The zero-order valence-corrected chi connectivity index (χ0v) is 7.78. The summed E-state index contributed by atoms with van der Waals surface area (Å²) in [6.45, 7) is 0. The Hall–Kier alpha value is -2.02. The van der Waals surface area contributed by atoms with Gasteiger partial charge < -0.3 is 4.74 Å². The molecule has 0 spiro atoms. The van der Waals surface area contributed by atoms with Crippen molar-refractivity contribution in [3.8, 4) is 11.9 Å². The van der Waals surface area contributed by atoms with E-state index in [4.69, 9.17) is 10.00 Å². The van der Waals surface area contributed by atoms with Crippen molar-refractivity contribution in [2.75, 3.05) is 7.11 Å². The molecule has 0 unspecified atom stereocenters. The molecule has 0 heterocycles. The van der Waals surface area contributed by atoms with Crippen LogP contribution in [0.15, 0.2) is 24.3 Å². The molecule has 0 radical (unpaired) electrons. The molecule has 0 fully saturated rings. The summed E-state index contributed by atoms with van der Waals surface area (Å²) >= 11 is 0. The molecule has 0 aliphatic carbocycles. The summed E-state index contributed by atoms with van der Waals surface area (Å²) in [5.74, 6) is 0.317. The molecule has 0 bridgehead atoms. The SMILES string of the molecule is COc1ccccc1CC(=O)NC#N. The van der Waals surface area contributed by atoms with Crippen LogP contribution in [0.4, 0.5) is 0 Å². The monoisotopic (exact) mass is 190 g/mol. The van der Waals surface area contributed by atoms with Crippen molar-refractivity contribution in [3.05, 3.63) is 29.8 Å². The second-order valence-corrected chi connectivity index (χ2v) is 2.65. The smallest absolute Gasteiger partial charge is 0.237 e. The molecule has 0 atom stereocenters. The van der Waals surface area contributed by atoms with E-state index in [1.807, 2.05) is 12.1 Å². The van der Waals surface area contributed by atoms with Crippen LogP contribution in [0.25, 0.3) is 0 Å². The van der Waals surface area contributed by atoms with Gasteiger partial charge in [0.2, 0.25) is 5.91 Å². The number of nitriles is 1. The highest BCUT2D eigenvalue weighted by Gasteiger charge is 2.06. The molecule has 1 aromatic carbocycles. The standard InChI is InChI=1S/C10H10N2O2/c1-14-9-5-3-2-4-8(9)6-10(13)12-7-11/h2-5H,6H2,1H3,(H,12,13). The lowest BCUT2D eigenvalue weighted by atomic mass is 10.1. The van der Waals surface area contributed by atoms with Gasteiger partial charge in [-0.05, 0) is 6.07 Å². The summed E-state index contributed by atoms with van der Waals surface area (Å²) in [7, 11) is 1.54. The van der Waals surface area contributed by atoms with E-state index in [2.05, 4.69) is 5.32 Å². The van der Waals surface area contributed by atoms with Crippen molar-refractivity contribution in [1.29, 1.82) is 5.26 Å². The molecular weight excluding hydrogens is 180 g/mol. The van der Waals surface area contributed by atoms with E-state index in [0.29, 0.717) is 5.75 Å². The summed E-state index contributed by atoms with van der Waals surface area (Å²) in [5.41, 5.74) is 0.766. The van der Waals surface area contributed by atoms with Crippen LogP contribution in [0.1, 0.15) is 5.56 Å². The van der Waals surface area contributed by atoms with Gasteiger partial charge in [0.15, 0.2) is 6.19 Å². The molecule has 14 heavy (non-hydrogen) atoms. The third kappa shape index (κ3) is 2.49. The number of nitrogens with zero attached hydrogens (tertiary/aromatic N) is 1. The van der Waals surface area contributed by atoms with Gasteiger partial charge in [-0.25, -0.2) is 0 Å². The summed E-state index contributed by atoms with van der Waals surface area (Å²) in [5, 5.41) is 10.3. The van der Waals surface area contributed by atoms with Crippen LogP contribution in [-0.2, 0) is 11.2 Å². The first-order valence-corrected chi connectivity index (χ1v) is 4.07. The number of carbonyl (C=O) groups excluding carboxylic acids is 1. The van der Waals surface area contributed by atoms with Gasteiger partial charge in [-0.3, -0.25) is 10.1 Å². The first-order valence-electron chi connectivity index (χ1n) is 4.07. The van der Waals surface area contributed by atoms with Crippen LogP contribution in [0.2, 0.25) is 0 Å². The minimum absolute atomic E-state index is 0.150. The van der Waals surface area contributed by atoms with Crippen molar-refractivity contribution in [1.82, 2.24) is 5.32 Å². The molecule has 1 aromatic rings. The predicted octanol–water partition coefficient (Wildman–Crippen LogP) is 0.835. The lowest BCUT2D eigenvalue weighted by Gasteiger charge is -2.05. The number of methoxy groups -OCH3 is 1. The Kier molecular flexibility index (Phi) is 3.50. The van der Waals surface area contributed by atoms with Crippen LogP contribution >= 0.6 is 0 Å². The van der Waals surface area contributed by atoms with E-state index in [0.717, 1.165) is 5.56 Å². The Balaban J connectivity index is 2.76. The fourth-order valence-electron chi connectivity index (χ4n) is 1.13. The van der Waals surface area contributed by atoms with Gasteiger partial charge in [0.1, 0.15) is 5.75 Å². The molecular formula is C10H10N2O2. The predicted molar refractivity (Wildman–Crippen MR) is 50.5 cm³/mol. The van der Waals surface area contributed by atoms with Crippen molar-refractivity contribution in [2.45, 2.75) is 6.42 Å². The summed E-state index contributed by atoms with van der Waals surface area (Å²) in [4.78, 5) is 11.1. The fourth-order valence-corrected chi connectivity index (χ4v) is 1.13. The third-order valence-corrected chi connectivity index (χ3v) is 1.74. The number of rotatable bonds is 3. The number of para-hydroxylation sites is 1. The van der Waals surface area contributed by atoms with E-state index >= 15 is 0 Å². The zero-order valence-electron chi connectivity index (χ0n) is 7.78. The first kappa shape index (κ1) is 10.1. The van der Waals surface area contributed by atoms with Gasteiger partial charge in [0.25, 0.3) is 0 Å². The normalized spacial score (nSPS) is 8.86. The van der Waals surface area contributed by atoms with Gasteiger partial charge in [0.05, 0.1) is 13.5 Å². The maximum atomic E-state index is 11.1. The Bertz CT molecular complexity index is 369. The van der Waals surface area contributed by atoms with Crippen LogP contribution in [0.3, 0.4) is 0 Å². The Labute approximate surface area is 82.1 Å². The molecule has 1 rings (SSSR count). The Morgan fingerprint density at radius 3 is 2.93 bits per heavy atom. The van der Waals surface area contributed by atoms with Gasteiger partial charge >= 0.3 is 0 Å². The third-order valence-electron chi connectivity index (χ3n) is 1.74. The van der Waals surface area contributed by atoms with Gasteiger partial charge in [-0.2, -0.15) is 5.26 Å². The average Bonchev–Trinajstić information content (AvgIpc) is 2.19. The molecule has 0 aliphatic rings. The van der Waals surface area contributed by atoms with Crippen LogP contribution in [-0.4, -0.2) is 13.0 Å². The van der Waals surface area contributed by atoms with E-state index in [-0.39, 0.29) is 12.3 Å². The number of nitrogens with one attached hydrogen (secondary N) is 1. The molecule has 4 nitrogen and oxygen atoms in total. The largest absolute Gasteiger partial charge is 0.496 e. The second kappa shape index (κ2) is 4.87. The fraction of sp³-hybridized carbons (Fsp3) is 0.200. The van der Waals surface area contributed by atoms with Crippen molar-refractivity contribution in [2.24, 2.45) is 0 Å². The topological polar surface area (TPSA) is 62.1 Å². The van der Waals surface area contributed by atoms with Crippen LogP contribution in [0.5, 0.6) is 5.75 Å². The van der Waals surface area contributed by atoms with Crippen molar-refractivity contribution in [3.63, 3.8) is 0 Å². The number of amides is 1. The van der Waals surface area contributed by atoms with Crippen molar-refractivity contribution < 1.29 is 9.53 Å². The van der Waals surface area contributed by atoms with Crippen molar-refractivity contribution >= 4 is 5.91 Å². The Morgan fingerprint density at radius 2 is 2.29 bits per heavy atom. The zero-order chi connectivity index (χ0) is 10.4. The van der Waals surface area contributed by atoms with E-state index in [1.165, 1.54) is 0 Å². The Morgan fingerprint density at radius 1 is 1.57 bits per heavy atom. The number of ether oxygens (including phenoxy) is 1. The maximum Gasteiger partial charge on any atom is 0.237 e. The maximum absolute atomic E-state index is 11.1. The molecule has 1 amide bonds. The van der Waals surface area contributed by atoms with E-state index in [1.54, 1.807) is 25.4 Å². The lowest BCUT2D eigenvalue weighted by Crippen LogP contribution is -2.19. The van der Waals surface area contributed by atoms with E-state index < -0.39 is 0 Å². The molecule has 0 saturated carbocycles. The quantitative estimate of drug-likeness (QED) is 0.567. The van der Waals surface area contributed by atoms with Crippen LogP contribution in [0, 0.1) is 11.5 Å². The molecule has 0 saturated heterocycles. The highest BCUT2D eigenvalue weighted by Crippen LogP contribution is 2.17. The second-order valence-electron chi connectivity index (χ2n) is 2.65.